The lowest BCUT2D eigenvalue weighted by atomic mass is 10.2. The van der Waals surface area contributed by atoms with Crippen molar-refractivity contribution in [3.63, 3.8) is 0 Å². The average molecular weight is 247 g/mol. The van der Waals surface area contributed by atoms with Crippen LogP contribution in [0, 0.1) is 3.57 Å². The van der Waals surface area contributed by atoms with Gasteiger partial charge in [-0.05, 0) is 40.3 Å². The van der Waals surface area contributed by atoms with E-state index in [1.54, 1.807) is 0 Å². The largest absolute Gasteiger partial charge is 0.411 e. The summed E-state index contributed by atoms with van der Waals surface area (Å²) in [5.74, 6) is 0. The molecule has 0 spiro atoms. The predicted octanol–water partition coefficient (Wildman–Crippen LogP) is 2.10. The molecule has 0 atom stereocenters. The molecule has 3 heteroatoms. The second-order valence-electron chi connectivity index (χ2n) is 1.80. The van der Waals surface area contributed by atoms with E-state index in [-0.39, 0.29) is 0 Å². The summed E-state index contributed by atoms with van der Waals surface area (Å²) in [5, 5.41) is 11.1. The van der Waals surface area contributed by atoms with E-state index in [4.69, 9.17) is 5.21 Å². The zero-order chi connectivity index (χ0) is 7.40. The van der Waals surface area contributed by atoms with Crippen LogP contribution in [0.1, 0.15) is 5.56 Å². The summed E-state index contributed by atoms with van der Waals surface area (Å²) in [6.45, 7) is 0. The molecular weight excluding hydrogens is 241 g/mol. The fourth-order valence-corrected chi connectivity index (χ4v) is 1.22. The molecule has 0 saturated heterocycles. The lowest BCUT2D eigenvalue weighted by Gasteiger charge is -1.90. The second-order valence-corrected chi connectivity index (χ2v) is 3.05. The minimum atomic E-state index is 0.911. The molecule has 0 heterocycles. The van der Waals surface area contributed by atoms with Gasteiger partial charge in [-0.2, -0.15) is 0 Å². The first-order chi connectivity index (χ1) is 4.83. The van der Waals surface area contributed by atoms with Gasteiger partial charge in [-0.15, -0.1) is 0 Å². The van der Waals surface area contributed by atoms with Crippen LogP contribution < -0.4 is 0 Å². The van der Waals surface area contributed by atoms with Crippen molar-refractivity contribution in [2.24, 2.45) is 5.16 Å². The Balaban J connectivity index is 2.95. The van der Waals surface area contributed by atoms with Crippen LogP contribution >= 0.6 is 22.6 Å². The topological polar surface area (TPSA) is 32.6 Å². The van der Waals surface area contributed by atoms with E-state index in [0.717, 1.165) is 9.13 Å². The van der Waals surface area contributed by atoms with Crippen LogP contribution in [-0.4, -0.2) is 11.4 Å². The van der Waals surface area contributed by atoms with Crippen LogP contribution in [-0.2, 0) is 0 Å². The molecule has 0 fully saturated rings. The molecule has 0 saturated carbocycles. The molecule has 0 aliphatic heterocycles. The normalized spacial score (nSPS) is 10.5. The quantitative estimate of drug-likeness (QED) is 0.350. The molecule has 0 aromatic heterocycles. The van der Waals surface area contributed by atoms with Crippen molar-refractivity contribution in [2.45, 2.75) is 0 Å². The van der Waals surface area contributed by atoms with Gasteiger partial charge in [0.15, 0.2) is 0 Å². The highest BCUT2D eigenvalue weighted by Gasteiger charge is 1.87. The zero-order valence-electron chi connectivity index (χ0n) is 5.16. The van der Waals surface area contributed by atoms with E-state index in [9.17, 15) is 0 Å². The molecule has 0 radical (unpaired) electrons. The Morgan fingerprint density at radius 3 is 2.90 bits per heavy atom. The second kappa shape index (κ2) is 3.55. The van der Waals surface area contributed by atoms with Gasteiger partial charge in [-0.1, -0.05) is 17.3 Å². The van der Waals surface area contributed by atoms with Crippen molar-refractivity contribution in [3.05, 3.63) is 33.4 Å². The standard InChI is InChI=1S/C7H6INO/c8-7-3-1-2-6(4-7)5-9-10/h1-5,10H/b9-5+. The van der Waals surface area contributed by atoms with Gasteiger partial charge in [0.25, 0.3) is 0 Å². The molecule has 0 aliphatic carbocycles. The Hall–Kier alpha value is -0.580. The third-order valence-corrected chi connectivity index (χ3v) is 1.73. The Bertz CT molecular complexity index is 247. The fourth-order valence-electron chi connectivity index (χ4n) is 0.654. The summed E-state index contributed by atoms with van der Waals surface area (Å²) < 4.78 is 1.13. The van der Waals surface area contributed by atoms with Gasteiger partial charge in [0.1, 0.15) is 0 Å². The Morgan fingerprint density at radius 1 is 1.50 bits per heavy atom. The van der Waals surface area contributed by atoms with E-state index >= 15 is 0 Å². The predicted molar refractivity (Wildman–Crippen MR) is 48.5 cm³/mol. The van der Waals surface area contributed by atoms with Gasteiger partial charge in [0.05, 0.1) is 6.21 Å². The van der Waals surface area contributed by atoms with Crippen molar-refractivity contribution >= 4 is 28.8 Å². The minimum Gasteiger partial charge on any atom is -0.411 e. The van der Waals surface area contributed by atoms with Crippen molar-refractivity contribution < 1.29 is 5.21 Å². The lowest BCUT2D eigenvalue weighted by Crippen LogP contribution is -1.80. The molecule has 10 heavy (non-hydrogen) atoms. The van der Waals surface area contributed by atoms with Gasteiger partial charge in [0.2, 0.25) is 0 Å². The van der Waals surface area contributed by atoms with Crippen LogP contribution in [0.2, 0.25) is 0 Å². The Labute approximate surface area is 72.7 Å². The third-order valence-electron chi connectivity index (χ3n) is 1.06. The third kappa shape index (κ3) is 1.98. The molecule has 0 aliphatic rings. The highest BCUT2D eigenvalue weighted by molar-refractivity contribution is 14.1. The number of nitrogens with zero attached hydrogens (tertiary/aromatic N) is 1. The van der Waals surface area contributed by atoms with Gasteiger partial charge >= 0.3 is 0 Å². The van der Waals surface area contributed by atoms with Gasteiger partial charge in [-0.25, -0.2) is 0 Å². The first-order valence-electron chi connectivity index (χ1n) is 2.76. The average Bonchev–Trinajstić information content (AvgIpc) is 1.88. The minimum absolute atomic E-state index is 0.911. The van der Waals surface area contributed by atoms with Crippen LogP contribution in [0.4, 0.5) is 0 Å². The number of oxime groups is 1. The van der Waals surface area contributed by atoms with Crippen LogP contribution in [0.15, 0.2) is 29.4 Å². The Kier molecular flexibility index (Phi) is 2.68. The van der Waals surface area contributed by atoms with E-state index in [1.165, 1.54) is 6.21 Å². The van der Waals surface area contributed by atoms with Gasteiger partial charge in [-0.3, -0.25) is 0 Å². The summed E-state index contributed by atoms with van der Waals surface area (Å²) in [7, 11) is 0. The summed E-state index contributed by atoms with van der Waals surface area (Å²) in [4.78, 5) is 0. The maximum atomic E-state index is 8.18. The van der Waals surface area contributed by atoms with Crippen LogP contribution in [0.3, 0.4) is 0 Å². The summed E-state index contributed by atoms with van der Waals surface area (Å²) in [6, 6.07) is 7.70. The molecule has 1 N–H and O–H groups in total. The van der Waals surface area contributed by atoms with Crippen molar-refractivity contribution in [1.29, 1.82) is 0 Å². The highest BCUT2D eigenvalue weighted by atomic mass is 127. The molecule has 1 aromatic carbocycles. The van der Waals surface area contributed by atoms with Crippen molar-refractivity contribution in [2.75, 3.05) is 0 Å². The first-order valence-corrected chi connectivity index (χ1v) is 3.84. The molecule has 1 aromatic rings. The van der Waals surface area contributed by atoms with Gasteiger partial charge in [0, 0.05) is 3.57 Å². The maximum Gasteiger partial charge on any atom is 0.0734 e. The zero-order valence-corrected chi connectivity index (χ0v) is 7.32. The van der Waals surface area contributed by atoms with Crippen molar-refractivity contribution in [1.82, 2.24) is 0 Å². The van der Waals surface area contributed by atoms with Crippen molar-refractivity contribution in [3.8, 4) is 0 Å². The molecule has 0 bridgehead atoms. The number of hydrogen-bond acceptors (Lipinski definition) is 2. The summed E-state index contributed by atoms with van der Waals surface area (Å²) in [5.41, 5.74) is 0.911. The van der Waals surface area contributed by atoms with Crippen LogP contribution in [0.25, 0.3) is 0 Å². The maximum absolute atomic E-state index is 8.18. The number of rotatable bonds is 1. The molecule has 52 valence electrons. The van der Waals surface area contributed by atoms with Crippen LogP contribution in [0.5, 0.6) is 0 Å². The first kappa shape index (κ1) is 7.53. The summed E-state index contributed by atoms with van der Waals surface area (Å²) in [6.07, 6.45) is 1.40. The van der Waals surface area contributed by atoms with E-state index in [1.807, 2.05) is 24.3 Å². The molecule has 1 rings (SSSR count). The van der Waals surface area contributed by atoms with E-state index < -0.39 is 0 Å². The fraction of sp³-hybridized carbons (Fsp3) is 0. The number of benzene rings is 1. The smallest absolute Gasteiger partial charge is 0.0734 e. The molecular formula is C7H6INO. The molecule has 2 nitrogen and oxygen atoms in total. The molecule has 0 amide bonds. The summed E-state index contributed by atoms with van der Waals surface area (Å²) >= 11 is 2.20. The number of halogens is 1. The van der Waals surface area contributed by atoms with E-state index in [0.29, 0.717) is 0 Å². The number of hydrogen-bond donors (Lipinski definition) is 1. The highest BCUT2D eigenvalue weighted by Crippen LogP contribution is 2.05. The monoisotopic (exact) mass is 247 g/mol. The molecule has 0 unspecified atom stereocenters. The van der Waals surface area contributed by atoms with Gasteiger partial charge < -0.3 is 5.21 Å². The van der Waals surface area contributed by atoms with E-state index in [2.05, 4.69) is 27.7 Å². The SMILES string of the molecule is O/N=C/c1cccc(I)c1. The Morgan fingerprint density at radius 2 is 2.30 bits per heavy atom. The lowest BCUT2D eigenvalue weighted by molar-refractivity contribution is 0.322.